The van der Waals surface area contributed by atoms with Crippen molar-refractivity contribution < 1.29 is 18.3 Å². The Labute approximate surface area is 159 Å². The van der Waals surface area contributed by atoms with Crippen LogP contribution in [-0.4, -0.2) is 13.1 Å². The average Bonchev–Trinajstić information content (AvgIpc) is 2.70. The van der Waals surface area contributed by atoms with Crippen LogP contribution in [0.25, 0.3) is 11.1 Å². The Morgan fingerprint density at radius 2 is 1.67 bits per heavy atom. The van der Waals surface area contributed by atoms with Crippen molar-refractivity contribution in [2.75, 3.05) is 7.11 Å². The van der Waals surface area contributed by atoms with E-state index in [1.165, 1.54) is 20.0 Å². The molecule has 0 spiro atoms. The molecule has 3 rings (SSSR count). The number of ether oxygens (including phenoxy) is 1. The van der Waals surface area contributed by atoms with Crippen LogP contribution in [0.15, 0.2) is 36.4 Å². The summed E-state index contributed by atoms with van der Waals surface area (Å²) in [5, 5.41) is 0. The van der Waals surface area contributed by atoms with Crippen LogP contribution in [0.5, 0.6) is 0 Å². The van der Waals surface area contributed by atoms with Gasteiger partial charge in [-0.25, -0.2) is 13.6 Å². The Morgan fingerprint density at radius 3 is 2.26 bits per heavy atom. The summed E-state index contributed by atoms with van der Waals surface area (Å²) in [5.74, 6) is -1.17. The highest BCUT2D eigenvalue weighted by Crippen LogP contribution is 2.40. The quantitative estimate of drug-likeness (QED) is 0.561. The van der Waals surface area contributed by atoms with Crippen LogP contribution in [-0.2, 0) is 4.74 Å². The molecule has 1 aliphatic carbocycles. The predicted octanol–water partition coefficient (Wildman–Crippen LogP) is 6.49. The van der Waals surface area contributed by atoms with Crippen LogP contribution in [0.2, 0.25) is 0 Å². The fraction of sp³-hybridized carbons (Fsp3) is 0.435. The Hall–Kier alpha value is -2.23. The molecule has 2 aromatic rings. The van der Waals surface area contributed by atoms with E-state index in [0.29, 0.717) is 16.7 Å². The Balaban J connectivity index is 1.80. The largest absolute Gasteiger partial charge is 0.465 e. The van der Waals surface area contributed by atoms with Crippen molar-refractivity contribution in [1.82, 2.24) is 0 Å². The molecule has 0 N–H and O–H groups in total. The van der Waals surface area contributed by atoms with E-state index in [9.17, 15) is 13.6 Å². The number of esters is 1. The zero-order chi connectivity index (χ0) is 19.4. The lowest BCUT2D eigenvalue weighted by Crippen LogP contribution is -2.15. The summed E-state index contributed by atoms with van der Waals surface area (Å²) in [4.78, 5) is 11.5. The first-order valence-electron chi connectivity index (χ1n) is 9.71. The number of methoxy groups -OCH3 is 1. The molecule has 0 bridgehead atoms. The molecular formula is C23H26F2O2. The number of rotatable bonds is 5. The molecule has 0 amide bonds. The van der Waals surface area contributed by atoms with Crippen LogP contribution in [0.1, 0.15) is 67.3 Å². The van der Waals surface area contributed by atoms with E-state index in [2.05, 4.69) is 11.7 Å². The fourth-order valence-corrected chi connectivity index (χ4v) is 4.18. The summed E-state index contributed by atoms with van der Waals surface area (Å²) >= 11 is 0. The van der Waals surface area contributed by atoms with E-state index < -0.39 is 17.6 Å². The van der Waals surface area contributed by atoms with Crippen LogP contribution in [0, 0.1) is 17.6 Å². The minimum absolute atomic E-state index is 0.100. The zero-order valence-electron chi connectivity index (χ0n) is 15.9. The molecule has 0 aliphatic heterocycles. The van der Waals surface area contributed by atoms with Gasteiger partial charge in [0, 0.05) is 5.56 Å². The van der Waals surface area contributed by atoms with Gasteiger partial charge < -0.3 is 4.74 Å². The van der Waals surface area contributed by atoms with Crippen molar-refractivity contribution >= 4 is 5.97 Å². The molecule has 27 heavy (non-hydrogen) atoms. The van der Waals surface area contributed by atoms with Crippen molar-refractivity contribution in [1.29, 1.82) is 0 Å². The number of hydrogen-bond donors (Lipinski definition) is 0. The van der Waals surface area contributed by atoms with Crippen LogP contribution in [0.3, 0.4) is 0 Å². The smallest absolute Gasteiger partial charge is 0.337 e. The maximum atomic E-state index is 14.8. The molecule has 0 aromatic heterocycles. The van der Waals surface area contributed by atoms with Crippen molar-refractivity contribution in [2.45, 2.75) is 51.4 Å². The molecule has 1 saturated carbocycles. The zero-order valence-corrected chi connectivity index (χ0v) is 15.9. The molecule has 1 fully saturated rings. The number of carbonyl (C=O) groups is 1. The maximum absolute atomic E-state index is 14.8. The lowest BCUT2D eigenvalue weighted by atomic mass is 9.77. The van der Waals surface area contributed by atoms with Gasteiger partial charge in [-0.1, -0.05) is 44.0 Å². The van der Waals surface area contributed by atoms with Gasteiger partial charge in [0.15, 0.2) is 11.6 Å². The third kappa shape index (κ3) is 4.20. The molecule has 144 valence electrons. The monoisotopic (exact) mass is 372 g/mol. The molecule has 0 heterocycles. The SMILES string of the molecule is CCCC1CCC(c2ccc(-c3ccc(C(=O)OC)cc3)c(F)c2F)CC1. The second kappa shape index (κ2) is 8.64. The van der Waals surface area contributed by atoms with Crippen LogP contribution < -0.4 is 0 Å². The summed E-state index contributed by atoms with van der Waals surface area (Å²) in [6, 6.07) is 9.72. The summed E-state index contributed by atoms with van der Waals surface area (Å²) in [5.41, 5.74) is 1.63. The Morgan fingerprint density at radius 1 is 1.00 bits per heavy atom. The average molecular weight is 372 g/mol. The fourth-order valence-electron chi connectivity index (χ4n) is 4.18. The molecule has 0 unspecified atom stereocenters. The van der Waals surface area contributed by atoms with Gasteiger partial charge in [-0.3, -0.25) is 0 Å². The summed E-state index contributed by atoms with van der Waals surface area (Å²) in [6.07, 6.45) is 6.45. The normalized spacial score (nSPS) is 19.7. The first-order chi connectivity index (χ1) is 13.0. The summed E-state index contributed by atoms with van der Waals surface area (Å²) < 4.78 is 34.2. The highest BCUT2D eigenvalue weighted by atomic mass is 19.2. The third-order valence-corrected chi connectivity index (χ3v) is 5.71. The van der Waals surface area contributed by atoms with Crippen LogP contribution >= 0.6 is 0 Å². The van der Waals surface area contributed by atoms with Crippen molar-refractivity contribution in [3.8, 4) is 11.1 Å². The lowest BCUT2D eigenvalue weighted by molar-refractivity contribution is 0.0601. The number of hydrogen-bond acceptors (Lipinski definition) is 2. The summed E-state index contributed by atoms with van der Waals surface area (Å²) in [7, 11) is 1.31. The van der Waals surface area contributed by atoms with Crippen LogP contribution in [0.4, 0.5) is 8.78 Å². The van der Waals surface area contributed by atoms with Gasteiger partial charge in [0.2, 0.25) is 0 Å². The van der Waals surface area contributed by atoms with Crippen molar-refractivity contribution in [2.24, 2.45) is 5.92 Å². The van der Waals surface area contributed by atoms with Crippen molar-refractivity contribution in [3.63, 3.8) is 0 Å². The lowest BCUT2D eigenvalue weighted by Gasteiger charge is -2.29. The molecular weight excluding hydrogens is 346 g/mol. The molecule has 4 heteroatoms. The number of halogens is 2. The van der Waals surface area contributed by atoms with E-state index in [0.717, 1.165) is 31.6 Å². The molecule has 0 atom stereocenters. The van der Waals surface area contributed by atoms with Gasteiger partial charge in [-0.2, -0.15) is 0 Å². The molecule has 2 nitrogen and oxygen atoms in total. The van der Waals surface area contributed by atoms with E-state index in [-0.39, 0.29) is 11.5 Å². The highest BCUT2D eigenvalue weighted by Gasteiger charge is 2.26. The van der Waals surface area contributed by atoms with E-state index >= 15 is 0 Å². The Bertz CT molecular complexity index is 791. The first kappa shape index (κ1) is 19.5. The van der Waals surface area contributed by atoms with Gasteiger partial charge in [-0.05, 0) is 60.8 Å². The second-order valence-electron chi connectivity index (χ2n) is 7.41. The van der Waals surface area contributed by atoms with E-state index in [4.69, 9.17) is 0 Å². The minimum Gasteiger partial charge on any atom is -0.465 e. The topological polar surface area (TPSA) is 26.3 Å². The van der Waals surface area contributed by atoms with Gasteiger partial charge >= 0.3 is 5.97 Å². The first-order valence-corrected chi connectivity index (χ1v) is 9.71. The summed E-state index contributed by atoms with van der Waals surface area (Å²) in [6.45, 7) is 2.19. The minimum atomic E-state index is -0.811. The number of benzene rings is 2. The molecule has 1 aliphatic rings. The predicted molar refractivity (Wildman–Crippen MR) is 103 cm³/mol. The molecule has 2 aromatic carbocycles. The molecule has 0 radical (unpaired) electrons. The number of carbonyl (C=O) groups excluding carboxylic acids is 1. The van der Waals surface area contributed by atoms with E-state index in [1.54, 1.807) is 36.4 Å². The van der Waals surface area contributed by atoms with Gasteiger partial charge in [0.1, 0.15) is 0 Å². The molecule has 0 saturated heterocycles. The Kier molecular flexibility index (Phi) is 6.25. The third-order valence-electron chi connectivity index (χ3n) is 5.71. The van der Waals surface area contributed by atoms with E-state index in [1.807, 2.05) is 0 Å². The highest BCUT2D eigenvalue weighted by molar-refractivity contribution is 5.90. The second-order valence-corrected chi connectivity index (χ2v) is 7.41. The van der Waals surface area contributed by atoms with Crippen molar-refractivity contribution in [3.05, 3.63) is 59.2 Å². The maximum Gasteiger partial charge on any atom is 0.337 e. The van der Waals surface area contributed by atoms with Gasteiger partial charge in [0.05, 0.1) is 12.7 Å². The van der Waals surface area contributed by atoms with Gasteiger partial charge in [-0.15, -0.1) is 0 Å². The van der Waals surface area contributed by atoms with Gasteiger partial charge in [0.25, 0.3) is 0 Å². The standard InChI is InChI=1S/C23H26F2O2/c1-3-4-15-5-7-16(8-6-15)19-13-14-20(22(25)21(19)24)17-9-11-18(12-10-17)23(26)27-2/h9-16H,3-8H2,1-2H3.